The molecule has 0 bridgehead atoms. The Labute approximate surface area is 163 Å². The summed E-state index contributed by atoms with van der Waals surface area (Å²) in [4.78, 5) is 2.06. The van der Waals surface area contributed by atoms with E-state index in [4.69, 9.17) is 21.7 Å². The van der Waals surface area contributed by atoms with E-state index in [2.05, 4.69) is 4.90 Å². The number of hydrogen-bond donors (Lipinski definition) is 0. The minimum absolute atomic E-state index is 0.250. The van der Waals surface area contributed by atoms with Gasteiger partial charge >= 0.3 is 0 Å². The molecule has 5 nitrogen and oxygen atoms in total. The molecule has 0 N–H and O–H groups in total. The third-order valence-electron chi connectivity index (χ3n) is 4.26. The van der Waals surface area contributed by atoms with Gasteiger partial charge in [0, 0.05) is 24.6 Å². The minimum Gasteiger partial charge on any atom is -0.497 e. The Morgan fingerprint density at radius 1 is 1.04 bits per heavy atom. The van der Waals surface area contributed by atoms with Crippen molar-refractivity contribution in [1.82, 2.24) is 14.0 Å². The van der Waals surface area contributed by atoms with E-state index in [1.807, 2.05) is 58.9 Å². The molecule has 0 radical (unpaired) electrons. The van der Waals surface area contributed by atoms with E-state index >= 15 is 0 Å². The molecule has 27 heavy (non-hydrogen) atoms. The first-order chi connectivity index (χ1) is 13.0. The van der Waals surface area contributed by atoms with Gasteiger partial charge in [-0.05, 0) is 61.2 Å². The smallest absolute Gasteiger partial charge is 0.185 e. The number of rotatable bonds is 7. The molecular formula is C20H22FN3O2S. The number of ether oxygens (including phenoxy) is 2. The molecule has 1 heterocycles. The molecule has 1 aromatic heterocycles. The maximum Gasteiger partial charge on any atom is 0.185 e. The molecule has 0 unspecified atom stereocenters. The molecule has 0 atom stereocenters. The molecule has 7 heteroatoms. The molecule has 0 aliphatic carbocycles. The van der Waals surface area contributed by atoms with Crippen LogP contribution in [0.15, 0.2) is 54.9 Å². The summed E-state index contributed by atoms with van der Waals surface area (Å²) in [6, 6.07) is 12.7. The zero-order chi connectivity index (χ0) is 19.4. The maximum absolute atomic E-state index is 13.9. The number of methoxy groups -OCH3 is 2. The summed E-state index contributed by atoms with van der Waals surface area (Å²) in [6.45, 7) is 1.19. The quantitative estimate of drug-likeness (QED) is 0.567. The highest BCUT2D eigenvalue weighted by atomic mass is 32.1. The van der Waals surface area contributed by atoms with E-state index < -0.39 is 0 Å². The summed E-state index contributed by atoms with van der Waals surface area (Å²) in [7, 11) is 5.07. The third kappa shape index (κ3) is 4.37. The summed E-state index contributed by atoms with van der Waals surface area (Å²) in [6.07, 6.45) is 3.88. The van der Waals surface area contributed by atoms with Crippen LogP contribution in [0, 0.1) is 10.6 Å². The van der Waals surface area contributed by atoms with Gasteiger partial charge in [0.1, 0.15) is 5.75 Å². The second-order valence-electron chi connectivity index (χ2n) is 6.24. The Morgan fingerprint density at radius 2 is 1.78 bits per heavy atom. The monoisotopic (exact) mass is 387 g/mol. The van der Waals surface area contributed by atoms with E-state index in [9.17, 15) is 4.39 Å². The molecule has 3 aromatic rings. The molecule has 0 fully saturated rings. The van der Waals surface area contributed by atoms with Crippen molar-refractivity contribution in [1.29, 1.82) is 0 Å². The van der Waals surface area contributed by atoms with Crippen molar-refractivity contribution in [3.63, 3.8) is 0 Å². The van der Waals surface area contributed by atoms with Crippen LogP contribution in [0.3, 0.4) is 0 Å². The number of imidazole rings is 1. The van der Waals surface area contributed by atoms with Crippen molar-refractivity contribution in [3.8, 4) is 17.2 Å². The van der Waals surface area contributed by atoms with E-state index in [1.54, 1.807) is 13.2 Å². The summed E-state index contributed by atoms with van der Waals surface area (Å²) >= 11 is 5.60. The SMILES string of the molecule is COc1ccc(-n2ccn(CN(C)Cc3ccc(OC)c(F)c3)c2=S)cc1. The van der Waals surface area contributed by atoms with E-state index in [-0.39, 0.29) is 11.6 Å². The molecule has 0 saturated heterocycles. The fourth-order valence-corrected chi connectivity index (χ4v) is 3.17. The fourth-order valence-electron chi connectivity index (χ4n) is 2.89. The van der Waals surface area contributed by atoms with Crippen LogP contribution in [0.25, 0.3) is 5.69 Å². The first kappa shape index (κ1) is 19.1. The van der Waals surface area contributed by atoms with Crippen LogP contribution in [0.5, 0.6) is 11.5 Å². The summed E-state index contributed by atoms with van der Waals surface area (Å²) in [5.41, 5.74) is 1.84. The van der Waals surface area contributed by atoms with Gasteiger partial charge in [0.25, 0.3) is 0 Å². The Morgan fingerprint density at radius 3 is 2.41 bits per heavy atom. The van der Waals surface area contributed by atoms with E-state index in [0.29, 0.717) is 18.0 Å². The van der Waals surface area contributed by atoms with Crippen LogP contribution in [0.1, 0.15) is 5.56 Å². The number of aromatic nitrogens is 2. The molecule has 2 aromatic carbocycles. The van der Waals surface area contributed by atoms with Crippen molar-refractivity contribution in [3.05, 3.63) is 71.0 Å². The van der Waals surface area contributed by atoms with Crippen molar-refractivity contribution < 1.29 is 13.9 Å². The summed E-state index contributed by atoms with van der Waals surface area (Å²) in [5, 5.41) is 0. The van der Waals surface area contributed by atoms with Crippen LogP contribution in [-0.4, -0.2) is 35.3 Å². The Balaban J connectivity index is 1.71. The zero-order valence-electron chi connectivity index (χ0n) is 15.6. The number of nitrogens with zero attached hydrogens (tertiary/aromatic N) is 3. The topological polar surface area (TPSA) is 31.6 Å². The van der Waals surface area contributed by atoms with Crippen LogP contribution in [0.2, 0.25) is 0 Å². The standard InChI is InChI=1S/C20H22FN3O2S/c1-22(13-15-4-9-19(26-3)18(21)12-15)14-23-10-11-24(20(23)27)16-5-7-17(25-2)8-6-16/h4-12H,13-14H2,1-3H3. The van der Waals surface area contributed by atoms with E-state index in [1.165, 1.54) is 13.2 Å². The molecule has 3 rings (SSSR count). The average Bonchev–Trinajstić information content (AvgIpc) is 3.02. The molecule has 0 amide bonds. The highest BCUT2D eigenvalue weighted by Gasteiger charge is 2.08. The average molecular weight is 387 g/mol. The van der Waals surface area contributed by atoms with Gasteiger partial charge in [0.2, 0.25) is 0 Å². The molecule has 0 aliphatic heterocycles. The lowest BCUT2D eigenvalue weighted by Crippen LogP contribution is -2.21. The number of halogens is 1. The maximum atomic E-state index is 13.9. The largest absolute Gasteiger partial charge is 0.497 e. The van der Waals surface area contributed by atoms with Crippen molar-refractivity contribution in [2.75, 3.05) is 21.3 Å². The molecule has 0 aliphatic rings. The number of hydrogen-bond acceptors (Lipinski definition) is 4. The second kappa shape index (κ2) is 8.37. The number of benzene rings is 2. The van der Waals surface area contributed by atoms with Crippen LogP contribution in [-0.2, 0) is 13.2 Å². The lowest BCUT2D eigenvalue weighted by atomic mass is 10.2. The van der Waals surface area contributed by atoms with Crippen molar-refractivity contribution >= 4 is 12.2 Å². The Kier molecular flexibility index (Phi) is 5.93. The molecular weight excluding hydrogens is 365 g/mol. The van der Waals surface area contributed by atoms with Gasteiger partial charge in [-0.2, -0.15) is 0 Å². The third-order valence-corrected chi connectivity index (χ3v) is 4.69. The highest BCUT2D eigenvalue weighted by molar-refractivity contribution is 7.71. The second-order valence-corrected chi connectivity index (χ2v) is 6.61. The van der Waals surface area contributed by atoms with Crippen LogP contribution < -0.4 is 9.47 Å². The van der Waals surface area contributed by atoms with E-state index in [0.717, 1.165) is 17.0 Å². The zero-order valence-corrected chi connectivity index (χ0v) is 16.4. The predicted molar refractivity (Wildman–Crippen MR) is 106 cm³/mol. The summed E-state index contributed by atoms with van der Waals surface area (Å²) < 4.78 is 28.6. The predicted octanol–water partition coefficient (Wildman–Crippen LogP) is 4.25. The van der Waals surface area contributed by atoms with Gasteiger partial charge in [-0.3, -0.25) is 9.47 Å². The fraction of sp³-hybridized carbons (Fsp3) is 0.250. The lowest BCUT2D eigenvalue weighted by molar-refractivity contribution is 0.258. The van der Waals surface area contributed by atoms with Crippen LogP contribution >= 0.6 is 12.2 Å². The normalized spacial score (nSPS) is 11.0. The van der Waals surface area contributed by atoms with Gasteiger partial charge in [0.15, 0.2) is 16.3 Å². The van der Waals surface area contributed by atoms with Gasteiger partial charge in [-0.15, -0.1) is 0 Å². The van der Waals surface area contributed by atoms with Gasteiger partial charge in [-0.1, -0.05) is 6.07 Å². The van der Waals surface area contributed by atoms with Gasteiger partial charge in [0.05, 0.1) is 20.9 Å². The molecule has 0 spiro atoms. The minimum atomic E-state index is -0.356. The van der Waals surface area contributed by atoms with Gasteiger partial charge in [-0.25, -0.2) is 4.39 Å². The van der Waals surface area contributed by atoms with Crippen molar-refractivity contribution in [2.24, 2.45) is 0 Å². The first-order valence-electron chi connectivity index (χ1n) is 8.45. The molecule has 0 saturated carbocycles. The van der Waals surface area contributed by atoms with Crippen LogP contribution in [0.4, 0.5) is 4.39 Å². The Bertz CT molecular complexity index is 966. The van der Waals surface area contributed by atoms with Crippen molar-refractivity contribution in [2.45, 2.75) is 13.2 Å². The van der Waals surface area contributed by atoms with Gasteiger partial charge < -0.3 is 14.0 Å². The molecule has 142 valence electrons. The highest BCUT2D eigenvalue weighted by Crippen LogP contribution is 2.19. The first-order valence-corrected chi connectivity index (χ1v) is 8.86. The summed E-state index contributed by atoms with van der Waals surface area (Å²) in [5.74, 6) is 0.696. The Hall–Kier alpha value is -2.64. The lowest BCUT2D eigenvalue weighted by Gasteiger charge is -2.18.